The molecule has 2 atom stereocenters. The SMILES string of the molecule is CCCCCCCCN1CC(O)C[C@H]1C(=O)O. The van der Waals surface area contributed by atoms with E-state index >= 15 is 0 Å². The lowest BCUT2D eigenvalue weighted by molar-refractivity contribution is -0.142. The molecule has 0 aromatic heterocycles. The van der Waals surface area contributed by atoms with Gasteiger partial charge in [0.1, 0.15) is 6.04 Å². The number of nitrogens with zero attached hydrogens (tertiary/aromatic N) is 1. The molecule has 0 radical (unpaired) electrons. The van der Waals surface area contributed by atoms with Crippen molar-refractivity contribution < 1.29 is 15.0 Å². The third-order valence-corrected chi connectivity index (χ3v) is 3.47. The van der Waals surface area contributed by atoms with Crippen LogP contribution in [0.4, 0.5) is 0 Å². The van der Waals surface area contributed by atoms with E-state index in [-0.39, 0.29) is 0 Å². The number of aliphatic carboxylic acids is 1. The molecule has 1 aliphatic heterocycles. The van der Waals surface area contributed by atoms with Crippen molar-refractivity contribution in [2.24, 2.45) is 0 Å². The van der Waals surface area contributed by atoms with E-state index in [0.717, 1.165) is 13.0 Å². The van der Waals surface area contributed by atoms with Crippen molar-refractivity contribution in [3.8, 4) is 0 Å². The number of carboxylic acids is 1. The lowest BCUT2D eigenvalue weighted by atomic mass is 10.1. The van der Waals surface area contributed by atoms with Crippen molar-refractivity contribution in [1.29, 1.82) is 0 Å². The molecule has 1 fully saturated rings. The summed E-state index contributed by atoms with van der Waals surface area (Å²) in [7, 11) is 0. The summed E-state index contributed by atoms with van der Waals surface area (Å²) in [6, 6.07) is -0.472. The smallest absolute Gasteiger partial charge is 0.321 e. The molecule has 1 rings (SSSR count). The quantitative estimate of drug-likeness (QED) is 0.639. The number of unbranched alkanes of at least 4 members (excludes halogenated alkanes) is 5. The second-order valence-electron chi connectivity index (χ2n) is 5.01. The van der Waals surface area contributed by atoms with Gasteiger partial charge in [-0.3, -0.25) is 9.69 Å². The Morgan fingerprint density at radius 2 is 1.88 bits per heavy atom. The molecule has 1 heterocycles. The maximum atomic E-state index is 11.0. The highest BCUT2D eigenvalue weighted by atomic mass is 16.4. The zero-order chi connectivity index (χ0) is 12.7. The lowest BCUT2D eigenvalue weighted by Gasteiger charge is -2.20. The first-order valence-electron chi connectivity index (χ1n) is 6.80. The van der Waals surface area contributed by atoms with Gasteiger partial charge in [-0.1, -0.05) is 39.0 Å². The summed E-state index contributed by atoms with van der Waals surface area (Å²) in [6.07, 6.45) is 7.18. The molecule has 0 bridgehead atoms. The van der Waals surface area contributed by atoms with Gasteiger partial charge in [-0.2, -0.15) is 0 Å². The monoisotopic (exact) mass is 243 g/mol. The van der Waals surface area contributed by atoms with E-state index in [1.54, 1.807) is 0 Å². The Kier molecular flexibility index (Phi) is 6.52. The predicted octanol–water partition coefficient (Wildman–Crippen LogP) is 1.87. The van der Waals surface area contributed by atoms with Gasteiger partial charge in [0.25, 0.3) is 0 Å². The van der Waals surface area contributed by atoms with Gasteiger partial charge in [-0.25, -0.2) is 0 Å². The summed E-state index contributed by atoms with van der Waals surface area (Å²) >= 11 is 0. The van der Waals surface area contributed by atoms with E-state index in [2.05, 4.69) is 6.92 Å². The summed E-state index contributed by atoms with van der Waals surface area (Å²) in [6.45, 7) is 3.52. The van der Waals surface area contributed by atoms with Crippen LogP contribution >= 0.6 is 0 Å². The molecule has 0 amide bonds. The fourth-order valence-electron chi connectivity index (χ4n) is 2.48. The van der Waals surface area contributed by atoms with Crippen LogP contribution in [0.15, 0.2) is 0 Å². The molecule has 0 aromatic rings. The molecule has 0 saturated carbocycles. The first-order chi connectivity index (χ1) is 8.15. The fraction of sp³-hybridized carbons (Fsp3) is 0.923. The minimum atomic E-state index is -0.799. The van der Waals surface area contributed by atoms with Crippen LogP contribution in [0.2, 0.25) is 0 Å². The molecule has 4 nitrogen and oxygen atoms in total. The Morgan fingerprint density at radius 3 is 2.53 bits per heavy atom. The van der Waals surface area contributed by atoms with Crippen LogP contribution in [-0.2, 0) is 4.79 Å². The average molecular weight is 243 g/mol. The number of rotatable bonds is 8. The van der Waals surface area contributed by atoms with Crippen LogP contribution in [0.5, 0.6) is 0 Å². The maximum absolute atomic E-state index is 11.0. The zero-order valence-electron chi connectivity index (χ0n) is 10.8. The van der Waals surface area contributed by atoms with Gasteiger partial charge in [-0.15, -0.1) is 0 Å². The largest absolute Gasteiger partial charge is 0.480 e. The molecule has 1 unspecified atom stereocenters. The van der Waals surface area contributed by atoms with Crippen LogP contribution in [-0.4, -0.2) is 46.3 Å². The molecule has 1 aliphatic rings. The highest BCUT2D eigenvalue weighted by Crippen LogP contribution is 2.19. The van der Waals surface area contributed by atoms with Crippen LogP contribution in [0.1, 0.15) is 51.9 Å². The highest BCUT2D eigenvalue weighted by Gasteiger charge is 2.35. The molecule has 0 aromatic carbocycles. The second-order valence-corrected chi connectivity index (χ2v) is 5.01. The molecule has 0 aliphatic carbocycles. The fourth-order valence-corrected chi connectivity index (χ4v) is 2.48. The van der Waals surface area contributed by atoms with E-state index < -0.39 is 18.1 Å². The van der Waals surface area contributed by atoms with Crippen molar-refractivity contribution >= 4 is 5.97 Å². The third kappa shape index (κ3) is 5.04. The number of β-amino-alcohol motifs (C(OH)–C–C–N with tert-alkyl or cyclic N) is 1. The number of aliphatic hydroxyl groups is 1. The van der Waals surface area contributed by atoms with Crippen molar-refractivity contribution in [2.45, 2.75) is 64.0 Å². The Morgan fingerprint density at radius 1 is 1.24 bits per heavy atom. The van der Waals surface area contributed by atoms with E-state index in [9.17, 15) is 9.90 Å². The van der Waals surface area contributed by atoms with Crippen LogP contribution in [0.25, 0.3) is 0 Å². The standard InChI is InChI=1S/C13H25NO3/c1-2-3-4-5-6-7-8-14-10-11(15)9-12(14)13(16)17/h11-12,15H,2-10H2,1H3,(H,16,17)/t11?,12-/m0/s1. The number of carboxylic acid groups (broad SMARTS) is 1. The molecular weight excluding hydrogens is 218 g/mol. The Bertz CT molecular complexity index is 233. The van der Waals surface area contributed by atoms with Crippen molar-refractivity contribution in [2.75, 3.05) is 13.1 Å². The van der Waals surface area contributed by atoms with E-state index in [1.807, 2.05) is 4.90 Å². The van der Waals surface area contributed by atoms with Gasteiger partial charge in [0.15, 0.2) is 0 Å². The Labute approximate surface area is 104 Å². The number of likely N-dealkylation sites (tertiary alicyclic amines) is 1. The van der Waals surface area contributed by atoms with Crippen LogP contribution < -0.4 is 0 Å². The number of hydrogen-bond acceptors (Lipinski definition) is 3. The first-order valence-corrected chi connectivity index (χ1v) is 6.80. The summed E-state index contributed by atoms with van der Waals surface area (Å²) in [5.74, 6) is -0.799. The summed E-state index contributed by atoms with van der Waals surface area (Å²) in [4.78, 5) is 12.9. The molecular formula is C13H25NO3. The summed E-state index contributed by atoms with van der Waals surface area (Å²) < 4.78 is 0. The van der Waals surface area contributed by atoms with E-state index in [0.29, 0.717) is 13.0 Å². The van der Waals surface area contributed by atoms with Gasteiger partial charge in [-0.05, 0) is 13.0 Å². The number of aliphatic hydroxyl groups excluding tert-OH is 1. The van der Waals surface area contributed by atoms with Crippen molar-refractivity contribution in [3.05, 3.63) is 0 Å². The third-order valence-electron chi connectivity index (χ3n) is 3.47. The van der Waals surface area contributed by atoms with Gasteiger partial charge in [0, 0.05) is 13.0 Å². The molecule has 4 heteroatoms. The Hall–Kier alpha value is -0.610. The van der Waals surface area contributed by atoms with Crippen molar-refractivity contribution in [1.82, 2.24) is 4.90 Å². The first kappa shape index (κ1) is 14.5. The summed E-state index contributed by atoms with van der Waals surface area (Å²) in [5, 5.41) is 18.5. The topological polar surface area (TPSA) is 60.8 Å². The van der Waals surface area contributed by atoms with Gasteiger partial charge >= 0.3 is 5.97 Å². The molecule has 17 heavy (non-hydrogen) atoms. The normalized spacial score (nSPS) is 25.3. The maximum Gasteiger partial charge on any atom is 0.321 e. The average Bonchev–Trinajstić information content (AvgIpc) is 2.65. The van der Waals surface area contributed by atoms with Gasteiger partial charge in [0.05, 0.1) is 6.10 Å². The zero-order valence-corrected chi connectivity index (χ0v) is 10.8. The van der Waals surface area contributed by atoms with Crippen molar-refractivity contribution in [3.63, 3.8) is 0 Å². The van der Waals surface area contributed by atoms with Crippen LogP contribution in [0.3, 0.4) is 0 Å². The highest BCUT2D eigenvalue weighted by molar-refractivity contribution is 5.74. The molecule has 100 valence electrons. The number of hydrogen-bond donors (Lipinski definition) is 2. The van der Waals surface area contributed by atoms with E-state index in [1.165, 1.54) is 32.1 Å². The molecule has 2 N–H and O–H groups in total. The lowest BCUT2D eigenvalue weighted by Crippen LogP contribution is -2.36. The van der Waals surface area contributed by atoms with Gasteiger partial charge < -0.3 is 10.2 Å². The summed E-state index contributed by atoms with van der Waals surface area (Å²) in [5.41, 5.74) is 0. The van der Waals surface area contributed by atoms with Gasteiger partial charge in [0.2, 0.25) is 0 Å². The minimum absolute atomic E-state index is 0.380. The molecule has 0 spiro atoms. The minimum Gasteiger partial charge on any atom is -0.480 e. The number of carbonyl (C=O) groups is 1. The molecule has 1 saturated heterocycles. The predicted molar refractivity (Wildman–Crippen MR) is 67.0 cm³/mol. The van der Waals surface area contributed by atoms with E-state index in [4.69, 9.17) is 5.11 Å². The Balaban J connectivity index is 2.15. The van der Waals surface area contributed by atoms with Crippen LogP contribution in [0, 0.1) is 0 Å². The second kappa shape index (κ2) is 7.67.